The van der Waals surface area contributed by atoms with Gasteiger partial charge < -0.3 is 20.2 Å². The normalized spacial score (nSPS) is 28.0. The van der Waals surface area contributed by atoms with Gasteiger partial charge in [0.15, 0.2) is 0 Å². The molecule has 1 saturated heterocycles. The summed E-state index contributed by atoms with van der Waals surface area (Å²) in [5.74, 6) is 0.780. The fourth-order valence-corrected chi connectivity index (χ4v) is 4.08. The van der Waals surface area contributed by atoms with E-state index in [1.807, 2.05) is 4.90 Å². The van der Waals surface area contributed by atoms with Crippen molar-refractivity contribution in [2.24, 2.45) is 11.3 Å². The molecule has 5 heteroatoms. The molecule has 1 aliphatic carbocycles. The van der Waals surface area contributed by atoms with Crippen LogP contribution in [0.25, 0.3) is 0 Å². The summed E-state index contributed by atoms with van der Waals surface area (Å²) >= 11 is 0. The largest absolute Gasteiger partial charge is 0.396 e. The van der Waals surface area contributed by atoms with Crippen molar-refractivity contribution in [1.29, 1.82) is 0 Å². The number of aliphatic hydroxyl groups excluding tert-OH is 1. The Morgan fingerprint density at radius 3 is 2.30 bits per heavy atom. The molecule has 134 valence electrons. The Hall–Kier alpha value is -0.810. The van der Waals surface area contributed by atoms with Crippen molar-refractivity contribution >= 4 is 6.03 Å². The van der Waals surface area contributed by atoms with Crippen LogP contribution in [0.5, 0.6) is 0 Å². The molecule has 2 rings (SSSR count). The number of hydrogen-bond donors (Lipinski definition) is 2. The van der Waals surface area contributed by atoms with E-state index in [-0.39, 0.29) is 18.1 Å². The molecule has 2 aliphatic rings. The Morgan fingerprint density at radius 1 is 1.22 bits per heavy atom. The minimum absolute atomic E-state index is 0.0427. The molecule has 0 spiro atoms. The molecule has 2 amide bonds. The van der Waals surface area contributed by atoms with Crippen LogP contribution in [-0.2, 0) is 0 Å². The molecule has 0 unspecified atom stereocenters. The zero-order valence-electron chi connectivity index (χ0n) is 15.2. The number of carbonyl (C=O) groups is 1. The molecule has 2 N–H and O–H groups in total. The van der Waals surface area contributed by atoms with Crippen molar-refractivity contribution < 1.29 is 9.90 Å². The Labute approximate surface area is 141 Å². The van der Waals surface area contributed by atoms with Crippen LogP contribution >= 0.6 is 0 Å². The van der Waals surface area contributed by atoms with Gasteiger partial charge in [-0.25, -0.2) is 4.79 Å². The molecular weight excluding hydrogens is 290 g/mol. The number of amides is 2. The average Bonchev–Trinajstić information content (AvgIpc) is 2.56. The third-order valence-corrected chi connectivity index (χ3v) is 5.99. The van der Waals surface area contributed by atoms with Crippen LogP contribution in [-0.4, -0.2) is 67.3 Å². The summed E-state index contributed by atoms with van der Waals surface area (Å²) in [6, 6.07) is 0.445. The Kier molecular flexibility index (Phi) is 6.72. The van der Waals surface area contributed by atoms with E-state index >= 15 is 0 Å². The Morgan fingerprint density at radius 2 is 1.83 bits per heavy atom. The second-order valence-electron chi connectivity index (χ2n) is 7.93. The highest BCUT2D eigenvalue weighted by Crippen LogP contribution is 2.34. The fraction of sp³-hybridized carbons (Fsp3) is 0.944. The SMILES string of the molecule is CCC1(CO)CCN(C(=O)NC2CCC(CN(C)C)CC2)CC1. The van der Waals surface area contributed by atoms with Crippen LogP contribution in [0.3, 0.4) is 0 Å². The van der Waals surface area contributed by atoms with Crippen molar-refractivity contribution in [3.63, 3.8) is 0 Å². The maximum Gasteiger partial charge on any atom is 0.317 e. The lowest BCUT2D eigenvalue weighted by Crippen LogP contribution is -2.51. The average molecular weight is 325 g/mol. The number of hydrogen-bond acceptors (Lipinski definition) is 3. The molecule has 0 bridgehead atoms. The van der Waals surface area contributed by atoms with Crippen molar-refractivity contribution in [2.45, 2.75) is 57.9 Å². The molecule has 5 nitrogen and oxygen atoms in total. The molecular formula is C18H35N3O2. The third-order valence-electron chi connectivity index (χ3n) is 5.99. The van der Waals surface area contributed by atoms with Crippen LogP contribution < -0.4 is 5.32 Å². The number of carbonyl (C=O) groups excluding carboxylic acids is 1. The highest BCUT2D eigenvalue weighted by molar-refractivity contribution is 5.74. The first-order valence-corrected chi connectivity index (χ1v) is 9.29. The summed E-state index contributed by atoms with van der Waals surface area (Å²) in [4.78, 5) is 16.7. The second-order valence-corrected chi connectivity index (χ2v) is 7.93. The number of likely N-dealkylation sites (tertiary alicyclic amines) is 1. The quantitative estimate of drug-likeness (QED) is 0.815. The van der Waals surface area contributed by atoms with Crippen molar-refractivity contribution in [2.75, 3.05) is 40.3 Å². The van der Waals surface area contributed by atoms with E-state index in [4.69, 9.17) is 0 Å². The highest BCUT2D eigenvalue weighted by Gasteiger charge is 2.34. The lowest BCUT2D eigenvalue weighted by molar-refractivity contribution is 0.0510. The van der Waals surface area contributed by atoms with E-state index in [0.717, 1.165) is 57.7 Å². The molecule has 2 fully saturated rings. The minimum Gasteiger partial charge on any atom is -0.396 e. The van der Waals surface area contributed by atoms with Gasteiger partial charge in [0.05, 0.1) is 0 Å². The van der Waals surface area contributed by atoms with Gasteiger partial charge in [0.2, 0.25) is 0 Å². The summed E-state index contributed by atoms with van der Waals surface area (Å²) in [5, 5.41) is 12.8. The summed E-state index contributed by atoms with van der Waals surface area (Å²) in [7, 11) is 4.26. The number of nitrogens with zero attached hydrogens (tertiary/aromatic N) is 2. The van der Waals surface area contributed by atoms with Gasteiger partial charge >= 0.3 is 6.03 Å². The number of nitrogens with one attached hydrogen (secondary N) is 1. The third kappa shape index (κ3) is 5.08. The summed E-state index contributed by atoms with van der Waals surface area (Å²) in [6.07, 6.45) is 7.47. The number of rotatable bonds is 5. The Balaban J connectivity index is 1.72. The molecule has 0 atom stereocenters. The summed E-state index contributed by atoms with van der Waals surface area (Å²) in [5.41, 5.74) is 0.0427. The first-order valence-electron chi connectivity index (χ1n) is 9.29. The molecule has 0 aromatic heterocycles. The van der Waals surface area contributed by atoms with E-state index in [9.17, 15) is 9.90 Å². The molecule has 0 radical (unpaired) electrons. The van der Waals surface area contributed by atoms with Crippen LogP contribution in [0, 0.1) is 11.3 Å². The van der Waals surface area contributed by atoms with Gasteiger partial charge in [0, 0.05) is 32.3 Å². The van der Waals surface area contributed by atoms with Gasteiger partial charge in [-0.2, -0.15) is 0 Å². The minimum atomic E-state index is 0.0427. The van der Waals surface area contributed by atoms with Crippen LogP contribution in [0.15, 0.2) is 0 Å². The number of piperidine rings is 1. The predicted molar refractivity (Wildman–Crippen MR) is 93.4 cm³/mol. The van der Waals surface area contributed by atoms with Crippen molar-refractivity contribution in [3.05, 3.63) is 0 Å². The van der Waals surface area contributed by atoms with E-state index in [2.05, 4.69) is 31.2 Å². The maximum absolute atomic E-state index is 12.5. The van der Waals surface area contributed by atoms with Crippen LogP contribution in [0.1, 0.15) is 51.9 Å². The lowest BCUT2D eigenvalue weighted by atomic mass is 9.77. The van der Waals surface area contributed by atoms with Gasteiger partial charge in [-0.3, -0.25) is 0 Å². The van der Waals surface area contributed by atoms with E-state index in [1.165, 1.54) is 12.8 Å². The summed E-state index contributed by atoms with van der Waals surface area (Å²) in [6.45, 7) is 5.09. The van der Waals surface area contributed by atoms with E-state index in [0.29, 0.717) is 6.04 Å². The molecule has 1 heterocycles. The fourth-order valence-electron chi connectivity index (χ4n) is 4.08. The van der Waals surface area contributed by atoms with Crippen molar-refractivity contribution in [3.8, 4) is 0 Å². The van der Waals surface area contributed by atoms with Gasteiger partial charge in [0.1, 0.15) is 0 Å². The van der Waals surface area contributed by atoms with E-state index in [1.54, 1.807) is 0 Å². The summed E-state index contributed by atoms with van der Waals surface area (Å²) < 4.78 is 0. The van der Waals surface area contributed by atoms with Crippen LogP contribution in [0.4, 0.5) is 4.79 Å². The van der Waals surface area contributed by atoms with E-state index < -0.39 is 0 Å². The second kappa shape index (κ2) is 8.34. The van der Waals surface area contributed by atoms with Crippen LogP contribution in [0.2, 0.25) is 0 Å². The first-order chi connectivity index (χ1) is 11.0. The zero-order valence-corrected chi connectivity index (χ0v) is 15.2. The number of urea groups is 1. The molecule has 1 saturated carbocycles. The highest BCUT2D eigenvalue weighted by atomic mass is 16.3. The first kappa shape index (κ1) is 18.5. The molecule has 0 aromatic carbocycles. The standard InChI is InChI=1S/C18H35N3O2/c1-4-18(14-22)9-11-21(12-10-18)17(23)19-16-7-5-15(6-8-16)13-20(2)3/h15-16,22H,4-14H2,1-3H3,(H,19,23). The van der Waals surface area contributed by atoms with Gasteiger partial charge in [-0.1, -0.05) is 6.92 Å². The molecule has 0 aromatic rings. The zero-order chi connectivity index (χ0) is 16.9. The maximum atomic E-state index is 12.5. The van der Waals surface area contributed by atoms with Crippen molar-refractivity contribution in [1.82, 2.24) is 15.1 Å². The molecule has 23 heavy (non-hydrogen) atoms. The van der Waals surface area contributed by atoms with Gasteiger partial charge in [-0.15, -0.1) is 0 Å². The topological polar surface area (TPSA) is 55.8 Å². The lowest BCUT2D eigenvalue weighted by Gasteiger charge is -2.41. The number of aliphatic hydroxyl groups is 1. The smallest absolute Gasteiger partial charge is 0.317 e. The Bertz CT molecular complexity index is 364. The van der Waals surface area contributed by atoms with Gasteiger partial charge in [0.25, 0.3) is 0 Å². The monoisotopic (exact) mass is 325 g/mol. The molecule has 1 aliphatic heterocycles. The van der Waals surface area contributed by atoms with Gasteiger partial charge in [-0.05, 0) is 70.4 Å². The predicted octanol–water partition coefficient (Wildman–Crippen LogP) is 2.30.